The van der Waals surface area contributed by atoms with Gasteiger partial charge in [0.15, 0.2) is 0 Å². The number of nitrogens with one attached hydrogen (secondary N) is 1. The molecule has 5 nitrogen and oxygen atoms in total. The third-order valence-corrected chi connectivity index (χ3v) is 4.27. The highest BCUT2D eigenvalue weighted by Crippen LogP contribution is 2.30. The van der Waals surface area contributed by atoms with Gasteiger partial charge in [0.05, 0.1) is 6.33 Å². The van der Waals surface area contributed by atoms with E-state index in [1.807, 2.05) is 10.8 Å². The van der Waals surface area contributed by atoms with Gasteiger partial charge in [0.25, 0.3) is 0 Å². The molecular formula is C15H24N4O. The summed E-state index contributed by atoms with van der Waals surface area (Å²) in [7, 11) is 0. The number of hydrogen-bond acceptors (Lipinski definition) is 3. The van der Waals surface area contributed by atoms with Crippen molar-refractivity contribution < 1.29 is 4.79 Å². The summed E-state index contributed by atoms with van der Waals surface area (Å²) in [5.74, 6) is 1.05. The molecule has 1 saturated heterocycles. The molecular weight excluding hydrogens is 252 g/mol. The van der Waals surface area contributed by atoms with Gasteiger partial charge in [-0.05, 0) is 38.1 Å². The van der Waals surface area contributed by atoms with Crippen molar-refractivity contribution >= 4 is 5.91 Å². The van der Waals surface area contributed by atoms with Crippen LogP contribution in [0, 0.1) is 5.92 Å². The Bertz CT molecular complexity index is 421. The quantitative estimate of drug-likeness (QED) is 0.816. The zero-order valence-corrected chi connectivity index (χ0v) is 12.0. The van der Waals surface area contributed by atoms with E-state index in [-0.39, 0.29) is 0 Å². The molecule has 1 saturated carbocycles. The molecule has 0 spiro atoms. The Kier molecular flexibility index (Phi) is 4.35. The highest BCUT2D eigenvalue weighted by atomic mass is 16.2. The van der Waals surface area contributed by atoms with E-state index in [2.05, 4.69) is 15.2 Å². The van der Waals surface area contributed by atoms with Gasteiger partial charge in [-0.2, -0.15) is 0 Å². The summed E-state index contributed by atoms with van der Waals surface area (Å²) in [5.41, 5.74) is 0. The number of hydrogen-bond donors (Lipinski definition) is 1. The lowest BCUT2D eigenvalue weighted by Gasteiger charge is -2.26. The summed E-state index contributed by atoms with van der Waals surface area (Å²) in [6.45, 7) is 3.68. The third kappa shape index (κ3) is 3.82. The highest BCUT2D eigenvalue weighted by molar-refractivity contribution is 5.76. The van der Waals surface area contributed by atoms with Crippen molar-refractivity contribution in [3.05, 3.63) is 18.7 Å². The van der Waals surface area contributed by atoms with E-state index < -0.39 is 0 Å². The lowest BCUT2D eigenvalue weighted by atomic mass is 10.2. The van der Waals surface area contributed by atoms with Gasteiger partial charge in [0.2, 0.25) is 5.91 Å². The van der Waals surface area contributed by atoms with E-state index >= 15 is 0 Å². The van der Waals surface area contributed by atoms with Crippen molar-refractivity contribution in [3.8, 4) is 0 Å². The summed E-state index contributed by atoms with van der Waals surface area (Å²) >= 11 is 0. The van der Waals surface area contributed by atoms with Crippen LogP contribution in [-0.2, 0) is 11.3 Å². The monoisotopic (exact) mass is 276 g/mol. The first kappa shape index (κ1) is 13.6. The molecule has 1 aromatic rings. The maximum absolute atomic E-state index is 12.5. The van der Waals surface area contributed by atoms with Crippen LogP contribution in [0.5, 0.6) is 0 Å². The second kappa shape index (κ2) is 6.39. The molecule has 3 rings (SSSR count). The number of carbonyl (C=O) groups is 1. The maximum Gasteiger partial charge on any atom is 0.224 e. The maximum atomic E-state index is 12.5. The molecule has 1 aliphatic heterocycles. The molecule has 1 unspecified atom stereocenters. The smallest absolute Gasteiger partial charge is 0.224 e. The molecule has 2 aliphatic rings. The predicted molar refractivity (Wildman–Crippen MR) is 77.2 cm³/mol. The van der Waals surface area contributed by atoms with Gasteiger partial charge in [0, 0.05) is 44.5 Å². The average molecular weight is 276 g/mol. The summed E-state index contributed by atoms with van der Waals surface area (Å²) < 4.78 is 1.97. The van der Waals surface area contributed by atoms with E-state index in [4.69, 9.17) is 0 Å². The van der Waals surface area contributed by atoms with Crippen molar-refractivity contribution in [1.82, 2.24) is 19.8 Å². The largest absolute Gasteiger partial charge is 0.341 e. The topological polar surface area (TPSA) is 50.2 Å². The number of carbonyl (C=O) groups excluding carboxylic acids is 1. The van der Waals surface area contributed by atoms with Gasteiger partial charge < -0.3 is 14.8 Å². The molecule has 0 bridgehead atoms. The van der Waals surface area contributed by atoms with E-state index in [0.29, 0.717) is 18.4 Å². The van der Waals surface area contributed by atoms with Crippen LogP contribution < -0.4 is 5.32 Å². The summed E-state index contributed by atoms with van der Waals surface area (Å²) in [5, 5.41) is 3.50. The summed E-state index contributed by atoms with van der Waals surface area (Å²) in [4.78, 5) is 18.6. The van der Waals surface area contributed by atoms with Gasteiger partial charge in [0.1, 0.15) is 0 Å². The van der Waals surface area contributed by atoms with Crippen molar-refractivity contribution in [3.63, 3.8) is 0 Å². The molecule has 5 heteroatoms. The normalized spacial score (nSPS) is 22.1. The van der Waals surface area contributed by atoms with E-state index in [1.165, 1.54) is 25.7 Å². The van der Waals surface area contributed by atoms with Crippen LogP contribution in [0.2, 0.25) is 0 Å². The number of amides is 1. The zero-order chi connectivity index (χ0) is 13.8. The van der Waals surface area contributed by atoms with Crippen LogP contribution >= 0.6 is 0 Å². The van der Waals surface area contributed by atoms with Gasteiger partial charge in [-0.25, -0.2) is 4.98 Å². The first-order valence-corrected chi connectivity index (χ1v) is 7.78. The minimum Gasteiger partial charge on any atom is -0.341 e. The van der Waals surface area contributed by atoms with Gasteiger partial charge in [-0.15, -0.1) is 0 Å². The van der Waals surface area contributed by atoms with E-state index in [1.54, 1.807) is 12.5 Å². The standard InChI is InChI=1S/C15H24N4O/c20-15(5-8-18-9-7-16-12-18)19(10-13-3-4-13)11-14-2-1-6-17-14/h7,9,12-14,17H,1-6,8,10-11H2. The fraction of sp³-hybridized carbons (Fsp3) is 0.733. The van der Waals surface area contributed by atoms with Crippen molar-refractivity contribution in [2.45, 2.75) is 44.7 Å². The van der Waals surface area contributed by atoms with Crippen molar-refractivity contribution in [2.75, 3.05) is 19.6 Å². The van der Waals surface area contributed by atoms with Crippen LogP contribution in [0.25, 0.3) is 0 Å². The van der Waals surface area contributed by atoms with Crippen molar-refractivity contribution in [1.29, 1.82) is 0 Å². The molecule has 0 aromatic carbocycles. The fourth-order valence-corrected chi connectivity index (χ4v) is 2.87. The third-order valence-electron chi connectivity index (χ3n) is 4.27. The predicted octanol–water partition coefficient (Wildman–Crippen LogP) is 1.26. The molecule has 1 aliphatic carbocycles. The van der Waals surface area contributed by atoms with Gasteiger partial charge >= 0.3 is 0 Å². The number of imidazole rings is 1. The number of aryl methyl sites for hydroxylation is 1. The first-order chi connectivity index (χ1) is 9.81. The zero-order valence-electron chi connectivity index (χ0n) is 12.0. The Morgan fingerprint density at radius 2 is 2.25 bits per heavy atom. The number of aromatic nitrogens is 2. The molecule has 1 N–H and O–H groups in total. The van der Waals surface area contributed by atoms with Crippen LogP contribution in [0.1, 0.15) is 32.1 Å². The van der Waals surface area contributed by atoms with E-state index in [9.17, 15) is 4.79 Å². The van der Waals surface area contributed by atoms with Crippen LogP contribution in [0.15, 0.2) is 18.7 Å². The molecule has 2 fully saturated rings. The van der Waals surface area contributed by atoms with Crippen LogP contribution in [0.3, 0.4) is 0 Å². The fourth-order valence-electron chi connectivity index (χ4n) is 2.87. The van der Waals surface area contributed by atoms with Gasteiger partial charge in [-0.1, -0.05) is 0 Å². The lowest BCUT2D eigenvalue weighted by molar-refractivity contribution is -0.132. The molecule has 0 radical (unpaired) electrons. The SMILES string of the molecule is O=C(CCn1ccnc1)N(CC1CC1)CC1CCCN1. The summed E-state index contributed by atoms with van der Waals surface area (Å²) in [6, 6.07) is 0.506. The Labute approximate surface area is 120 Å². The Morgan fingerprint density at radius 1 is 1.35 bits per heavy atom. The molecule has 2 heterocycles. The van der Waals surface area contributed by atoms with E-state index in [0.717, 1.165) is 32.1 Å². The molecule has 20 heavy (non-hydrogen) atoms. The minimum atomic E-state index is 0.291. The Hall–Kier alpha value is -1.36. The highest BCUT2D eigenvalue weighted by Gasteiger charge is 2.28. The minimum absolute atomic E-state index is 0.291. The second-order valence-corrected chi connectivity index (χ2v) is 6.09. The Morgan fingerprint density at radius 3 is 2.90 bits per heavy atom. The average Bonchev–Trinajstić information content (AvgIpc) is 2.95. The molecule has 1 atom stereocenters. The van der Waals surface area contributed by atoms with Crippen LogP contribution in [0.4, 0.5) is 0 Å². The second-order valence-electron chi connectivity index (χ2n) is 6.09. The molecule has 1 aromatic heterocycles. The first-order valence-electron chi connectivity index (χ1n) is 7.78. The van der Waals surface area contributed by atoms with Crippen molar-refractivity contribution in [2.24, 2.45) is 5.92 Å². The number of rotatable bonds is 7. The summed E-state index contributed by atoms with van der Waals surface area (Å²) in [6.07, 6.45) is 11.1. The lowest BCUT2D eigenvalue weighted by Crippen LogP contribution is -2.42. The van der Waals surface area contributed by atoms with Gasteiger partial charge in [-0.3, -0.25) is 4.79 Å². The molecule has 1 amide bonds. The number of nitrogens with zero attached hydrogens (tertiary/aromatic N) is 3. The Balaban J connectivity index is 1.51. The van der Waals surface area contributed by atoms with Crippen LogP contribution in [-0.4, -0.2) is 46.0 Å². The molecule has 110 valence electrons.